The van der Waals surface area contributed by atoms with Crippen molar-refractivity contribution >= 4 is 29.6 Å². The van der Waals surface area contributed by atoms with Gasteiger partial charge in [0.2, 0.25) is 23.6 Å². The van der Waals surface area contributed by atoms with E-state index >= 15 is 0 Å². The van der Waals surface area contributed by atoms with Gasteiger partial charge in [0.25, 0.3) is 0 Å². The number of carbonyl (C=O) groups excluding carboxylic acids is 4. The monoisotopic (exact) mass is 534 g/mol. The van der Waals surface area contributed by atoms with Gasteiger partial charge in [0.05, 0.1) is 6.04 Å². The van der Waals surface area contributed by atoms with Crippen molar-refractivity contribution < 1.29 is 29.1 Å². The van der Waals surface area contributed by atoms with Crippen LogP contribution in [0, 0.1) is 5.92 Å². The van der Waals surface area contributed by atoms with E-state index in [4.69, 9.17) is 17.2 Å². The highest BCUT2D eigenvalue weighted by Gasteiger charge is 2.32. The van der Waals surface area contributed by atoms with Gasteiger partial charge >= 0.3 is 5.97 Å². The van der Waals surface area contributed by atoms with E-state index in [9.17, 15) is 29.1 Å². The number of carboxylic acids is 1. The summed E-state index contributed by atoms with van der Waals surface area (Å²) in [6.07, 6.45) is 1.90. The molecule has 0 spiro atoms. The predicted octanol–water partition coefficient (Wildman–Crippen LogP) is -0.464. The second kappa shape index (κ2) is 17.1. The fourth-order valence-corrected chi connectivity index (χ4v) is 3.73. The van der Waals surface area contributed by atoms with E-state index in [0.717, 1.165) is 5.56 Å². The molecule has 0 radical (unpaired) electrons. The molecule has 0 saturated heterocycles. The van der Waals surface area contributed by atoms with Crippen LogP contribution in [0.2, 0.25) is 0 Å². The maximum atomic E-state index is 13.4. The number of nitrogens with one attached hydrogen (secondary N) is 3. The molecule has 212 valence electrons. The van der Waals surface area contributed by atoms with Gasteiger partial charge in [-0.25, -0.2) is 4.79 Å². The van der Waals surface area contributed by atoms with Gasteiger partial charge in [0, 0.05) is 12.8 Å². The summed E-state index contributed by atoms with van der Waals surface area (Å²) in [4.78, 5) is 61.9. The number of hydrogen-bond donors (Lipinski definition) is 7. The Morgan fingerprint density at radius 3 is 2.08 bits per heavy atom. The molecule has 0 fully saturated rings. The molecule has 0 bridgehead atoms. The summed E-state index contributed by atoms with van der Waals surface area (Å²) in [6, 6.07) is 4.65. The molecule has 0 aromatic heterocycles. The number of hydrogen-bond acceptors (Lipinski definition) is 7. The van der Waals surface area contributed by atoms with Crippen molar-refractivity contribution in [3.05, 3.63) is 35.9 Å². The Kier molecular flexibility index (Phi) is 14.6. The number of amides is 4. The van der Waals surface area contributed by atoms with Gasteiger partial charge in [-0.15, -0.1) is 0 Å². The van der Waals surface area contributed by atoms with Crippen LogP contribution in [-0.2, 0) is 30.4 Å². The smallest absolute Gasteiger partial charge is 0.326 e. The molecule has 0 heterocycles. The molecule has 10 N–H and O–H groups in total. The SMILES string of the molecule is CCC(C)C(NC(=O)C(N)CCC(N)=O)C(=O)NC(Cc1ccccc1)C(=O)NC(CCCCN)C(=O)O. The summed E-state index contributed by atoms with van der Waals surface area (Å²) in [7, 11) is 0. The van der Waals surface area contributed by atoms with Gasteiger partial charge in [-0.1, -0.05) is 50.6 Å². The minimum atomic E-state index is -1.19. The van der Waals surface area contributed by atoms with E-state index in [1.54, 1.807) is 31.2 Å². The van der Waals surface area contributed by atoms with Crippen LogP contribution in [0.3, 0.4) is 0 Å². The summed E-state index contributed by atoms with van der Waals surface area (Å²) < 4.78 is 0. The van der Waals surface area contributed by atoms with Crippen LogP contribution >= 0.6 is 0 Å². The summed E-state index contributed by atoms with van der Waals surface area (Å²) >= 11 is 0. The van der Waals surface area contributed by atoms with Crippen LogP contribution in [0.4, 0.5) is 0 Å². The highest BCUT2D eigenvalue weighted by molar-refractivity contribution is 5.94. The zero-order valence-corrected chi connectivity index (χ0v) is 22.2. The third-order valence-corrected chi connectivity index (χ3v) is 6.31. The quantitative estimate of drug-likeness (QED) is 0.122. The van der Waals surface area contributed by atoms with Crippen LogP contribution < -0.4 is 33.2 Å². The van der Waals surface area contributed by atoms with Gasteiger partial charge in [0.1, 0.15) is 18.1 Å². The summed E-state index contributed by atoms with van der Waals surface area (Å²) in [6.45, 7) is 4.02. The fourth-order valence-electron chi connectivity index (χ4n) is 3.73. The van der Waals surface area contributed by atoms with E-state index in [0.29, 0.717) is 25.8 Å². The van der Waals surface area contributed by atoms with Crippen molar-refractivity contribution in [1.29, 1.82) is 0 Å². The Labute approximate surface area is 223 Å². The van der Waals surface area contributed by atoms with Crippen LogP contribution in [0.1, 0.15) is 57.9 Å². The maximum Gasteiger partial charge on any atom is 0.326 e. The Morgan fingerprint density at radius 2 is 1.53 bits per heavy atom. The van der Waals surface area contributed by atoms with Gasteiger partial charge in [-0.2, -0.15) is 0 Å². The first-order valence-corrected chi connectivity index (χ1v) is 12.9. The van der Waals surface area contributed by atoms with Crippen LogP contribution in [-0.4, -0.2) is 65.4 Å². The van der Waals surface area contributed by atoms with Crippen molar-refractivity contribution in [3.8, 4) is 0 Å². The van der Waals surface area contributed by atoms with Crippen LogP contribution in [0.25, 0.3) is 0 Å². The van der Waals surface area contributed by atoms with Gasteiger partial charge < -0.3 is 38.3 Å². The first kappa shape index (κ1) is 32.5. The molecule has 5 unspecified atom stereocenters. The number of nitrogens with two attached hydrogens (primary N) is 3. The lowest BCUT2D eigenvalue weighted by Crippen LogP contribution is -2.59. The zero-order valence-electron chi connectivity index (χ0n) is 22.2. The largest absolute Gasteiger partial charge is 0.480 e. The predicted molar refractivity (Wildman–Crippen MR) is 142 cm³/mol. The lowest BCUT2D eigenvalue weighted by molar-refractivity contribution is -0.142. The van der Waals surface area contributed by atoms with E-state index in [1.807, 2.05) is 13.0 Å². The maximum absolute atomic E-state index is 13.4. The molecule has 1 aromatic carbocycles. The summed E-state index contributed by atoms with van der Waals surface area (Å²) in [5.41, 5.74) is 17.2. The van der Waals surface area contributed by atoms with Gasteiger partial charge in [0.15, 0.2) is 0 Å². The van der Waals surface area contributed by atoms with Crippen molar-refractivity contribution in [2.75, 3.05) is 6.54 Å². The minimum Gasteiger partial charge on any atom is -0.480 e. The number of aliphatic carboxylic acids is 1. The molecule has 1 rings (SSSR count). The summed E-state index contributed by atoms with van der Waals surface area (Å²) in [5, 5.41) is 17.4. The molecule has 12 nitrogen and oxygen atoms in total. The van der Waals surface area contributed by atoms with Crippen molar-refractivity contribution in [2.24, 2.45) is 23.1 Å². The van der Waals surface area contributed by atoms with Gasteiger partial charge in [-0.3, -0.25) is 19.2 Å². The Balaban J connectivity index is 3.09. The Hall–Kier alpha value is -3.51. The zero-order chi connectivity index (χ0) is 28.7. The highest BCUT2D eigenvalue weighted by Crippen LogP contribution is 2.11. The second-order valence-electron chi connectivity index (χ2n) is 9.42. The standard InChI is InChI=1S/C26H42N6O6/c1-3-16(2)22(32-23(34)18(28)12-13-21(29)33)25(36)31-20(15-17-9-5-4-6-10-17)24(35)30-19(26(37)38)11-7-8-14-27/h4-6,9-10,16,18-20,22H,3,7-8,11-15,27-28H2,1-2H3,(H2,29,33)(H,30,35)(H,31,36)(H,32,34)(H,37,38). The molecule has 5 atom stereocenters. The molecule has 4 amide bonds. The number of unbranched alkanes of at least 4 members (excludes halogenated alkanes) is 1. The molecule has 0 aliphatic carbocycles. The Morgan fingerprint density at radius 1 is 0.895 bits per heavy atom. The average molecular weight is 535 g/mol. The average Bonchev–Trinajstić information content (AvgIpc) is 2.89. The van der Waals surface area contributed by atoms with E-state index in [1.165, 1.54) is 0 Å². The first-order chi connectivity index (χ1) is 18.0. The fraction of sp³-hybridized carbons (Fsp3) is 0.577. The number of primary amides is 1. The topological polar surface area (TPSA) is 220 Å². The molecule has 12 heteroatoms. The number of rotatable bonds is 18. The number of benzene rings is 1. The normalized spacial score (nSPS) is 14.8. The third kappa shape index (κ3) is 11.7. The molecule has 38 heavy (non-hydrogen) atoms. The number of carbonyl (C=O) groups is 5. The van der Waals surface area contributed by atoms with Crippen LogP contribution in [0.15, 0.2) is 30.3 Å². The van der Waals surface area contributed by atoms with Crippen molar-refractivity contribution in [2.45, 2.75) is 83.0 Å². The lowest BCUT2D eigenvalue weighted by atomic mass is 9.96. The first-order valence-electron chi connectivity index (χ1n) is 12.9. The second-order valence-corrected chi connectivity index (χ2v) is 9.42. The lowest BCUT2D eigenvalue weighted by Gasteiger charge is -2.28. The van der Waals surface area contributed by atoms with Crippen molar-refractivity contribution in [3.63, 3.8) is 0 Å². The van der Waals surface area contributed by atoms with Crippen molar-refractivity contribution in [1.82, 2.24) is 16.0 Å². The third-order valence-electron chi connectivity index (χ3n) is 6.31. The molecular formula is C26H42N6O6. The molecular weight excluding hydrogens is 492 g/mol. The van der Waals surface area contributed by atoms with Crippen LogP contribution in [0.5, 0.6) is 0 Å². The molecule has 0 aliphatic heterocycles. The van der Waals surface area contributed by atoms with E-state index < -0.39 is 53.8 Å². The number of carboxylic acid groups (broad SMARTS) is 1. The van der Waals surface area contributed by atoms with E-state index in [-0.39, 0.29) is 31.6 Å². The minimum absolute atomic E-state index is 0.0236. The molecule has 0 saturated carbocycles. The highest BCUT2D eigenvalue weighted by atomic mass is 16.4. The van der Waals surface area contributed by atoms with E-state index in [2.05, 4.69) is 16.0 Å². The van der Waals surface area contributed by atoms with Gasteiger partial charge in [-0.05, 0) is 43.7 Å². The Bertz CT molecular complexity index is 928. The molecule has 0 aliphatic rings. The molecule has 1 aromatic rings. The summed E-state index contributed by atoms with van der Waals surface area (Å²) in [5.74, 6) is -3.99.